The normalized spacial score (nSPS) is 33.5. The maximum Gasteiger partial charge on any atom is 0.258 e. The second-order valence-corrected chi connectivity index (χ2v) is 8.73. The summed E-state index contributed by atoms with van der Waals surface area (Å²) in [6.45, 7) is -0.0493. The Hall–Kier alpha value is -1.01. The first-order valence-corrected chi connectivity index (χ1v) is 10.2. The highest BCUT2D eigenvalue weighted by atomic mass is 35.5. The highest BCUT2D eigenvalue weighted by Gasteiger charge is 2.51. The highest BCUT2D eigenvalue weighted by molar-refractivity contribution is 7.98. The van der Waals surface area contributed by atoms with Crippen molar-refractivity contribution < 1.29 is 9.53 Å². The van der Waals surface area contributed by atoms with Crippen LogP contribution in [-0.2, 0) is 4.79 Å². The molecule has 0 unspecified atom stereocenters. The van der Waals surface area contributed by atoms with Crippen molar-refractivity contribution in [2.75, 3.05) is 12.9 Å². The Kier molecular flexibility index (Phi) is 4.37. The molecule has 1 N–H and O–H groups in total. The number of nitrogens with one attached hydrogen (secondary N) is 1. The molecule has 4 fully saturated rings. The van der Waals surface area contributed by atoms with Crippen LogP contribution in [0.2, 0.25) is 5.02 Å². The topological polar surface area (TPSA) is 64.1 Å². The van der Waals surface area contributed by atoms with Gasteiger partial charge in [-0.05, 0) is 62.5 Å². The Morgan fingerprint density at radius 1 is 1.33 bits per heavy atom. The van der Waals surface area contributed by atoms with Crippen LogP contribution in [-0.4, -0.2) is 34.3 Å². The lowest BCUT2D eigenvalue weighted by molar-refractivity contribution is -0.128. The quantitative estimate of drug-likeness (QED) is 0.639. The summed E-state index contributed by atoms with van der Waals surface area (Å²) < 4.78 is 5.55. The molecule has 0 aliphatic heterocycles. The summed E-state index contributed by atoms with van der Waals surface area (Å²) in [5, 5.41) is 4.20. The molecule has 0 saturated heterocycles. The van der Waals surface area contributed by atoms with Crippen LogP contribution in [0.3, 0.4) is 0 Å². The van der Waals surface area contributed by atoms with Crippen molar-refractivity contribution in [3.05, 3.63) is 11.2 Å². The lowest BCUT2D eigenvalue weighted by Crippen LogP contribution is -2.60. The maximum absolute atomic E-state index is 12.4. The van der Waals surface area contributed by atoms with Crippen molar-refractivity contribution in [1.29, 1.82) is 0 Å². The summed E-state index contributed by atoms with van der Waals surface area (Å²) in [5.41, 5.74) is 0.00902. The van der Waals surface area contributed by atoms with Gasteiger partial charge in [0, 0.05) is 5.54 Å². The van der Waals surface area contributed by atoms with Gasteiger partial charge in [0.05, 0.1) is 6.20 Å². The third-order valence-corrected chi connectivity index (χ3v) is 6.48. The molecule has 4 aliphatic carbocycles. The highest BCUT2D eigenvalue weighted by Crippen LogP contribution is 2.55. The van der Waals surface area contributed by atoms with Crippen molar-refractivity contribution >= 4 is 29.3 Å². The van der Waals surface area contributed by atoms with Crippen LogP contribution >= 0.6 is 23.4 Å². The third kappa shape index (κ3) is 3.23. The minimum Gasteiger partial charge on any atom is -0.466 e. The third-order valence-electron chi connectivity index (χ3n) is 5.66. The largest absolute Gasteiger partial charge is 0.466 e. The number of nitrogens with zero attached hydrogens (tertiary/aromatic N) is 2. The van der Waals surface area contributed by atoms with E-state index >= 15 is 0 Å². The predicted molar refractivity (Wildman–Crippen MR) is 93.4 cm³/mol. The van der Waals surface area contributed by atoms with E-state index in [1.54, 1.807) is 0 Å². The van der Waals surface area contributed by atoms with Gasteiger partial charge in [-0.15, -0.1) is 0 Å². The van der Waals surface area contributed by atoms with E-state index < -0.39 is 0 Å². The molecule has 4 saturated carbocycles. The van der Waals surface area contributed by atoms with E-state index in [4.69, 9.17) is 16.3 Å². The van der Waals surface area contributed by atoms with Crippen molar-refractivity contribution in [3.8, 4) is 5.88 Å². The molecular formula is C17H22ClN3O2S. The summed E-state index contributed by atoms with van der Waals surface area (Å²) in [4.78, 5) is 20.7. The van der Waals surface area contributed by atoms with Crippen LogP contribution in [0.25, 0.3) is 0 Å². The van der Waals surface area contributed by atoms with Gasteiger partial charge in [0.15, 0.2) is 11.8 Å². The number of rotatable bonds is 5. The fourth-order valence-corrected chi connectivity index (χ4v) is 5.74. The Labute approximate surface area is 151 Å². The van der Waals surface area contributed by atoms with Crippen molar-refractivity contribution in [3.63, 3.8) is 0 Å². The fourth-order valence-electron chi connectivity index (χ4n) is 5.27. The van der Waals surface area contributed by atoms with E-state index in [2.05, 4.69) is 15.3 Å². The van der Waals surface area contributed by atoms with Gasteiger partial charge in [-0.2, -0.15) is 4.98 Å². The van der Waals surface area contributed by atoms with Gasteiger partial charge in [-0.25, -0.2) is 4.98 Å². The van der Waals surface area contributed by atoms with Crippen molar-refractivity contribution in [1.82, 2.24) is 15.3 Å². The van der Waals surface area contributed by atoms with E-state index in [0.29, 0.717) is 10.2 Å². The average molecular weight is 368 g/mol. The number of carbonyl (C=O) groups is 1. The molecule has 0 aromatic carbocycles. The standard InChI is InChI=1S/C17H22ClN3O2S/c1-24-16-19-8-13(18)15(20-16)23-9-14(22)21-17-5-10-2-11(6-17)4-12(3-10)7-17/h8,10-12H,2-7,9H2,1H3,(H,21,22). The molecule has 7 heteroatoms. The van der Waals surface area contributed by atoms with Crippen LogP contribution in [0.4, 0.5) is 0 Å². The molecule has 4 aliphatic rings. The number of halogens is 1. The van der Waals surface area contributed by atoms with Crippen molar-refractivity contribution in [2.24, 2.45) is 17.8 Å². The second-order valence-electron chi connectivity index (χ2n) is 7.54. The van der Waals surface area contributed by atoms with Gasteiger partial charge in [-0.3, -0.25) is 4.79 Å². The predicted octanol–water partition coefficient (Wildman–Crippen LogP) is 3.32. The van der Waals surface area contributed by atoms with Crippen LogP contribution in [0.15, 0.2) is 11.4 Å². The van der Waals surface area contributed by atoms with Gasteiger partial charge >= 0.3 is 0 Å². The molecule has 0 spiro atoms. The molecule has 1 amide bonds. The van der Waals surface area contributed by atoms with Crippen molar-refractivity contribution in [2.45, 2.75) is 49.2 Å². The lowest BCUT2D eigenvalue weighted by Gasteiger charge is -2.56. The first-order chi connectivity index (χ1) is 11.5. The smallest absolute Gasteiger partial charge is 0.258 e. The van der Waals surface area contributed by atoms with Gasteiger partial charge in [-0.1, -0.05) is 23.4 Å². The van der Waals surface area contributed by atoms with Gasteiger partial charge < -0.3 is 10.1 Å². The van der Waals surface area contributed by atoms with E-state index in [0.717, 1.165) is 37.0 Å². The average Bonchev–Trinajstić information content (AvgIpc) is 2.52. The fraction of sp³-hybridized carbons (Fsp3) is 0.706. The molecule has 5 rings (SSSR count). The van der Waals surface area contributed by atoms with E-state index in [-0.39, 0.29) is 23.9 Å². The first kappa shape index (κ1) is 16.5. The summed E-state index contributed by atoms with van der Waals surface area (Å²) in [6.07, 6.45) is 10.9. The Morgan fingerprint density at radius 2 is 1.96 bits per heavy atom. The van der Waals surface area contributed by atoms with E-state index in [1.807, 2.05) is 6.26 Å². The maximum atomic E-state index is 12.4. The number of ether oxygens (including phenoxy) is 1. The number of hydrogen-bond acceptors (Lipinski definition) is 5. The van der Waals surface area contributed by atoms with E-state index in [1.165, 1.54) is 37.2 Å². The summed E-state index contributed by atoms with van der Waals surface area (Å²) >= 11 is 7.45. The number of aromatic nitrogens is 2. The Morgan fingerprint density at radius 3 is 2.54 bits per heavy atom. The Bertz CT molecular complexity index is 619. The molecule has 4 bridgehead atoms. The van der Waals surface area contributed by atoms with Crippen LogP contribution in [0.5, 0.6) is 5.88 Å². The van der Waals surface area contributed by atoms with E-state index in [9.17, 15) is 4.79 Å². The molecule has 1 heterocycles. The zero-order chi connectivity index (χ0) is 16.7. The molecular weight excluding hydrogens is 346 g/mol. The number of amides is 1. The summed E-state index contributed by atoms with van der Waals surface area (Å²) in [5.74, 6) is 2.61. The number of hydrogen-bond donors (Lipinski definition) is 1. The zero-order valence-corrected chi connectivity index (χ0v) is 15.3. The molecule has 130 valence electrons. The summed E-state index contributed by atoms with van der Waals surface area (Å²) in [6, 6.07) is 0. The SMILES string of the molecule is CSc1ncc(Cl)c(OCC(=O)NC23CC4CC(CC(C4)C2)C3)n1. The summed E-state index contributed by atoms with van der Waals surface area (Å²) in [7, 11) is 0. The molecule has 0 radical (unpaired) electrons. The monoisotopic (exact) mass is 367 g/mol. The lowest BCUT2D eigenvalue weighted by atomic mass is 9.53. The van der Waals surface area contributed by atoms with Crippen LogP contribution in [0.1, 0.15) is 38.5 Å². The second kappa shape index (κ2) is 6.37. The Balaban J connectivity index is 1.37. The molecule has 0 atom stereocenters. The number of carbonyl (C=O) groups excluding carboxylic acids is 1. The van der Waals surface area contributed by atoms with Crippen LogP contribution < -0.4 is 10.1 Å². The van der Waals surface area contributed by atoms with Gasteiger partial charge in [0.25, 0.3) is 5.91 Å². The molecule has 1 aromatic rings. The first-order valence-electron chi connectivity index (χ1n) is 8.55. The minimum atomic E-state index is -0.0719. The number of thioether (sulfide) groups is 1. The van der Waals surface area contributed by atoms with Gasteiger partial charge in [0.1, 0.15) is 5.02 Å². The minimum absolute atomic E-state index is 0.00902. The van der Waals surface area contributed by atoms with Gasteiger partial charge in [0.2, 0.25) is 5.88 Å². The molecule has 1 aromatic heterocycles. The zero-order valence-electron chi connectivity index (χ0n) is 13.8. The van der Waals surface area contributed by atoms with Crippen LogP contribution in [0, 0.1) is 17.8 Å². The molecule has 5 nitrogen and oxygen atoms in total. The molecule has 24 heavy (non-hydrogen) atoms.